The highest BCUT2D eigenvalue weighted by Gasteiger charge is 2.41. The smallest absolute Gasteiger partial charge is 0.186 e. The largest absolute Gasteiger partial charge is 0.369 e. The SMILES string of the molecule is CNCC1C(C)N(C)c2c(C)cccc2S1(=O)=O. The van der Waals surface area contributed by atoms with Crippen molar-refractivity contribution in [2.45, 2.75) is 30.0 Å². The van der Waals surface area contributed by atoms with E-state index in [4.69, 9.17) is 0 Å². The zero-order valence-electron chi connectivity index (χ0n) is 11.3. The Kier molecular flexibility index (Phi) is 3.38. The molecule has 2 rings (SSSR count). The molecule has 1 aliphatic heterocycles. The van der Waals surface area contributed by atoms with E-state index >= 15 is 0 Å². The third-order valence-electron chi connectivity index (χ3n) is 3.81. The van der Waals surface area contributed by atoms with Crippen LogP contribution in [-0.2, 0) is 9.84 Å². The summed E-state index contributed by atoms with van der Waals surface area (Å²) in [5, 5.41) is 2.58. The molecule has 0 saturated carbocycles. The van der Waals surface area contributed by atoms with Gasteiger partial charge in [-0.25, -0.2) is 8.42 Å². The molecule has 2 unspecified atom stereocenters. The Labute approximate surface area is 109 Å². The fourth-order valence-corrected chi connectivity index (χ4v) is 4.93. The molecule has 0 spiro atoms. The molecule has 18 heavy (non-hydrogen) atoms. The summed E-state index contributed by atoms with van der Waals surface area (Å²) in [4.78, 5) is 2.54. The first kappa shape index (κ1) is 13.4. The minimum Gasteiger partial charge on any atom is -0.369 e. The number of aryl methyl sites for hydroxylation is 1. The van der Waals surface area contributed by atoms with Crippen LogP contribution in [-0.4, -0.2) is 40.3 Å². The zero-order valence-corrected chi connectivity index (χ0v) is 12.1. The average molecular weight is 268 g/mol. The van der Waals surface area contributed by atoms with Gasteiger partial charge in [0.2, 0.25) is 0 Å². The quantitative estimate of drug-likeness (QED) is 0.875. The van der Waals surface area contributed by atoms with E-state index in [1.54, 1.807) is 13.1 Å². The van der Waals surface area contributed by atoms with Gasteiger partial charge in [0.25, 0.3) is 0 Å². The molecule has 4 nitrogen and oxygen atoms in total. The van der Waals surface area contributed by atoms with E-state index in [2.05, 4.69) is 10.2 Å². The molecule has 1 aliphatic rings. The zero-order chi connectivity index (χ0) is 13.5. The monoisotopic (exact) mass is 268 g/mol. The second-order valence-corrected chi connectivity index (χ2v) is 7.05. The molecule has 0 aliphatic carbocycles. The Hall–Kier alpha value is -1.07. The second-order valence-electron chi connectivity index (χ2n) is 4.91. The molecule has 0 amide bonds. The van der Waals surface area contributed by atoms with Crippen LogP contribution < -0.4 is 10.2 Å². The van der Waals surface area contributed by atoms with Gasteiger partial charge in [-0.15, -0.1) is 0 Å². The first-order valence-electron chi connectivity index (χ1n) is 6.12. The summed E-state index contributed by atoms with van der Waals surface area (Å²) in [5.74, 6) is 0. The topological polar surface area (TPSA) is 49.4 Å². The van der Waals surface area contributed by atoms with Crippen molar-refractivity contribution < 1.29 is 8.42 Å². The number of benzene rings is 1. The summed E-state index contributed by atoms with van der Waals surface area (Å²) in [6.07, 6.45) is 0. The second kappa shape index (κ2) is 4.55. The van der Waals surface area contributed by atoms with Crippen LogP contribution >= 0.6 is 0 Å². The van der Waals surface area contributed by atoms with Gasteiger partial charge in [-0.1, -0.05) is 12.1 Å². The van der Waals surface area contributed by atoms with Gasteiger partial charge in [0.05, 0.1) is 15.8 Å². The molecular weight excluding hydrogens is 248 g/mol. The summed E-state index contributed by atoms with van der Waals surface area (Å²) in [7, 11) is 0.498. The number of anilines is 1. The van der Waals surface area contributed by atoms with Crippen LogP contribution in [0, 0.1) is 6.92 Å². The van der Waals surface area contributed by atoms with Crippen molar-refractivity contribution in [1.29, 1.82) is 0 Å². The van der Waals surface area contributed by atoms with Crippen molar-refractivity contribution in [1.82, 2.24) is 5.32 Å². The molecule has 100 valence electrons. The van der Waals surface area contributed by atoms with Crippen molar-refractivity contribution in [3.05, 3.63) is 23.8 Å². The lowest BCUT2D eigenvalue weighted by Gasteiger charge is -2.40. The lowest BCUT2D eigenvalue weighted by molar-refractivity contribution is 0.525. The summed E-state index contributed by atoms with van der Waals surface area (Å²) in [6.45, 7) is 4.39. The van der Waals surface area contributed by atoms with Crippen LogP contribution in [0.4, 0.5) is 5.69 Å². The van der Waals surface area contributed by atoms with Gasteiger partial charge in [0.15, 0.2) is 9.84 Å². The van der Waals surface area contributed by atoms with E-state index < -0.39 is 15.1 Å². The van der Waals surface area contributed by atoms with E-state index in [0.29, 0.717) is 11.4 Å². The van der Waals surface area contributed by atoms with Crippen LogP contribution in [0.5, 0.6) is 0 Å². The standard InChI is InChI=1S/C13H20N2O2S/c1-9-6-5-7-11-13(9)15(4)10(2)12(8-14-3)18(11,16)17/h5-7,10,12,14H,8H2,1-4H3. The number of rotatable bonds is 2. The number of nitrogens with one attached hydrogen (secondary N) is 1. The van der Waals surface area contributed by atoms with Crippen LogP contribution in [0.3, 0.4) is 0 Å². The summed E-state index contributed by atoms with van der Waals surface area (Å²) in [5.41, 5.74) is 1.85. The number of hydrogen-bond donors (Lipinski definition) is 1. The molecule has 1 heterocycles. The van der Waals surface area contributed by atoms with Crippen LogP contribution in [0.2, 0.25) is 0 Å². The fourth-order valence-electron chi connectivity index (χ4n) is 2.67. The number of para-hydroxylation sites is 1. The fraction of sp³-hybridized carbons (Fsp3) is 0.538. The molecule has 0 saturated heterocycles. The van der Waals surface area contributed by atoms with E-state index in [1.807, 2.05) is 33.0 Å². The lowest BCUT2D eigenvalue weighted by atomic mass is 10.1. The van der Waals surface area contributed by atoms with Gasteiger partial charge in [0.1, 0.15) is 0 Å². The third kappa shape index (κ3) is 1.82. The Morgan fingerprint density at radius 3 is 2.67 bits per heavy atom. The van der Waals surface area contributed by atoms with Crippen molar-refractivity contribution in [2.75, 3.05) is 25.5 Å². The molecule has 1 N–H and O–H groups in total. The summed E-state index contributed by atoms with van der Waals surface area (Å²) >= 11 is 0. The van der Waals surface area contributed by atoms with Gasteiger partial charge >= 0.3 is 0 Å². The maximum atomic E-state index is 12.6. The molecule has 0 bridgehead atoms. The minimum atomic E-state index is -3.25. The third-order valence-corrected chi connectivity index (χ3v) is 6.11. The van der Waals surface area contributed by atoms with Gasteiger partial charge in [-0.05, 0) is 32.5 Å². The molecule has 0 aromatic heterocycles. The van der Waals surface area contributed by atoms with E-state index in [9.17, 15) is 8.42 Å². The highest BCUT2D eigenvalue weighted by atomic mass is 32.2. The van der Waals surface area contributed by atoms with E-state index in [-0.39, 0.29) is 6.04 Å². The number of fused-ring (bicyclic) bond motifs is 1. The average Bonchev–Trinajstić information content (AvgIpc) is 2.32. The molecular formula is C13H20N2O2S. The van der Waals surface area contributed by atoms with Gasteiger partial charge in [-0.3, -0.25) is 0 Å². The van der Waals surface area contributed by atoms with Gasteiger partial charge in [0, 0.05) is 19.6 Å². The van der Waals surface area contributed by atoms with Crippen molar-refractivity contribution in [3.8, 4) is 0 Å². The van der Waals surface area contributed by atoms with Gasteiger partial charge in [-0.2, -0.15) is 0 Å². The molecule has 2 atom stereocenters. The Morgan fingerprint density at radius 2 is 2.06 bits per heavy atom. The maximum absolute atomic E-state index is 12.6. The number of sulfone groups is 1. The van der Waals surface area contributed by atoms with Crippen molar-refractivity contribution >= 4 is 15.5 Å². The Balaban J connectivity index is 2.66. The number of hydrogen-bond acceptors (Lipinski definition) is 4. The predicted octanol–water partition coefficient (Wildman–Crippen LogP) is 1.20. The van der Waals surface area contributed by atoms with Crippen LogP contribution in [0.15, 0.2) is 23.1 Å². The number of nitrogens with zero attached hydrogens (tertiary/aromatic N) is 1. The molecule has 1 aromatic rings. The normalized spacial score (nSPS) is 25.9. The van der Waals surface area contributed by atoms with Gasteiger partial charge < -0.3 is 10.2 Å². The Morgan fingerprint density at radius 1 is 1.39 bits per heavy atom. The molecule has 0 fully saturated rings. The predicted molar refractivity (Wildman–Crippen MR) is 73.9 cm³/mol. The molecule has 1 aromatic carbocycles. The highest BCUT2D eigenvalue weighted by Crippen LogP contribution is 2.38. The maximum Gasteiger partial charge on any atom is 0.186 e. The van der Waals surface area contributed by atoms with Crippen LogP contribution in [0.1, 0.15) is 12.5 Å². The van der Waals surface area contributed by atoms with E-state index in [1.165, 1.54) is 0 Å². The minimum absolute atomic E-state index is 0.0314. The summed E-state index contributed by atoms with van der Waals surface area (Å²) < 4.78 is 25.3. The first-order chi connectivity index (χ1) is 8.41. The Bertz CT molecular complexity index is 554. The van der Waals surface area contributed by atoms with E-state index in [0.717, 1.165) is 11.3 Å². The summed E-state index contributed by atoms with van der Waals surface area (Å²) in [6, 6.07) is 5.45. The first-order valence-corrected chi connectivity index (χ1v) is 7.67. The molecule has 0 radical (unpaired) electrons. The molecule has 5 heteroatoms. The lowest BCUT2D eigenvalue weighted by Crippen LogP contribution is -2.52. The van der Waals surface area contributed by atoms with Crippen molar-refractivity contribution in [3.63, 3.8) is 0 Å². The van der Waals surface area contributed by atoms with Crippen molar-refractivity contribution in [2.24, 2.45) is 0 Å². The highest BCUT2D eigenvalue weighted by molar-refractivity contribution is 7.92. The van der Waals surface area contributed by atoms with Crippen LogP contribution in [0.25, 0.3) is 0 Å².